The molecule has 1 saturated heterocycles. The Balaban J connectivity index is 1.47. The second-order valence-electron chi connectivity index (χ2n) is 6.69. The van der Waals surface area contributed by atoms with Crippen LogP contribution in [0, 0.1) is 0 Å². The summed E-state index contributed by atoms with van der Waals surface area (Å²) in [6.45, 7) is 3.26. The van der Waals surface area contributed by atoms with Crippen LogP contribution >= 0.6 is 0 Å². The number of benzene rings is 2. The van der Waals surface area contributed by atoms with Crippen molar-refractivity contribution in [2.45, 2.75) is 0 Å². The summed E-state index contributed by atoms with van der Waals surface area (Å²) in [7, 11) is 0. The lowest BCUT2D eigenvalue weighted by Gasteiger charge is -2.28. The van der Waals surface area contributed by atoms with Gasteiger partial charge in [0.2, 0.25) is 0 Å². The summed E-state index contributed by atoms with van der Waals surface area (Å²) in [6, 6.07) is 17.2. The molecule has 0 aliphatic carbocycles. The summed E-state index contributed by atoms with van der Waals surface area (Å²) in [5, 5.41) is 2.93. The maximum absolute atomic E-state index is 12.6. The zero-order valence-corrected chi connectivity index (χ0v) is 15.5. The van der Waals surface area contributed by atoms with E-state index >= 15 is 0 Å². The van der Waals surface area contributed by atoms with E-state index < -0.39 is 0 Å². The first-order valence-corrected chi connectivity index (χ1v) is 9.24. The minimum Gasteiger partial charge on any atom is -0.399 e. The molecule has 6 nitrogen and oxygen atoms in total. The van der Waals surface area contributed by atoms with Crippen LogP contribution in [0.5, 0.6) is 0 Å². The number of nitrogens with zero attached hydrogens (tertiary/aromatic N) is 2. The molecule has 0 spiro atoms. The Kier molecular flexibility index (Phi) is 5.21. The van der Waals surface area contributed by atoms with Crippen molar-refractivity contribution in [2.75, 3.05) is 42.3 Å². The number of aromatic nitrogens is 1. The number of hydrogen-bond donors (Lipinski definition) is 2. The standard InChI is InChI=1S/C22H22N4O2/c23-19-3-1-2-16(13-19)17-12-18(15-24-14-17)22(27)25-20-4-6-21(7-5-20)26-8-10-28-11-9-26/h1-7,12-15H,8-11,23H2,(H,25,27). The Labute approximate surface area is 164 Å². The van der Waals surface area contributed by atoms with Gasteiger partial charge in [0.15, 0.2) is 0 Å². The molecule has 1 aliphatic rings. The molecule has 0 bridgehead atoms. The molecule has 0 radical (unpaired) electrons. The molecule has 4 rings (SSSR count). The zero-order valence-electron chi connectivity index (χ0n) is 15.5. The highest BCUT2D eigenvalue weighted by atomic mass is 16.5. The number of pyridine rings is 1. The van der Waals surface area contributed by atoms with Crippen LogP contribution in [0.3, 0.4) is 0 Å². The maximum Gasteiger partial charge on any atom is 0.257 e. The molecule has 1 fully saturated rings. The Morgan fingerprint density at radius 2 is 1.79 bits per heavy atom. The number of carbonyl (C=O) groups is 1. The fraction of sp³-hybridized carbons (Fsp3) is 0.182. The van der Waals surface area contributed by atoms with Crippen molar-refractivity contribution in [3.05, 3.63) is 72.6 Å². The summed E-state index contributed by atoms with van der Waals surface area (Å²) < 4.78 is 5.38. The van der Waals surface area contributed by atoms with Gasteiger partial charge in [-0.05, 0) is 48.0 Å². The van der Waals surface area contributed by atoms with Crippen molar-refractivity contribution in [1.29, 1.82) is 0 Å². The number of rotatable bonds is 4. The van der Waals surface area contributed by atoms with Gasteiger partial charge in [0.1, 0.15) is 0 Å². The normalized spacial score (nSPS) is 13.9. The number of morpholine rings is 1. The van der Waals surface area contributed by atoms with E-state index in [-0.39, 0.29) is 5.91 Å². The third kappa shape index (κ3) is 4.13. The molecule has 6 heteroatoms. The summed E-state index contributed by atoms with van der Waals surface area (Å²) in [6.07, 6.45) is 3.29. The molecule has 3 aromatic rings. The first-order chi connectivity index (χ1) is 13.7. The highest BCUT2D eigenvalue weighted by Gasteiger charge is 2.12. The number of hydrogen-bond acceptors (Lipinski definition) is 5. The second kappa shape index (κ2) is 8.10. The van der Waals surface area contributed by atoms with Gasteiger partial charge < -0.3 is 20.7 Å². The van der Waals surface area contributed by atoms with Gasteiger partial charge in [-0.25, -0.2) is 0 Å². The summed E-state index contributed by atoms with van der Waals surface area (Å²) >= 11 is 0. The number of nitrogens with one attached hydrogen (secondary N) is 1. The van der Waals surface area contributed by atoms with Crippen LogP contribution in [0.4, 0.5) is 17.1 Å². The number of carbonyl (C=O) groups excluding carboxylic acids is 1. The fourth-order valence-electron chi connectivity index (χ4n) is 3.22. The Morgan fingerprint density at radius 3 is 2.54 bits per heavy atom. The van der Waals surface area contributed by atoms with Gasteiger partial charge >= 0.3 is 0 Å². The van der Waals surface area contributed by atoms with Crippen LogP contribution in [-0.2, 0) is 4.74 Å². The predicted molar refractivity (Wildman–Crippen MR) is 112 cm³/mol. The summed E-state index contributed by atoms with van der Waals surface area (Å²) in [4.78, 5) is 19.1. The molecule has 2 heterocycles. The molecule has 142 valence electrons. The van der Waals surface area contributed by atoms with Crippen LogP contribution in [-0.4, -0.2) is 37.2 Å². The summed E-state index contributed by atoms with van der Waals surface area (Å²) in [5.41, 5.74) is 10.7. The van der Waals surface area contributed by atoms with Crippen LogP contribution in [0.2, 0.25) is 0 Å². The molecule has 1 aromatic heterocycles. The van der Waals surface area contributed by atoms with E-state index in [4.69, 9.17) is 10.5 Å². The molecule has 28 heavy (non-hydrogen) atoms. The number of nitrogen functional groups attached to an aromatic ring is 1. The van der Waals surface area contributed by atoms with Crippen molar-refractivity contribution < 1.29 is 9.53 Å². The van der Waals surface area contributed by atoms with Crippen molar-refractivity contribution in [1.82, 2.24) is 4.98 Å². The van der Waals surface area contributed by atoms with Gasteiger partial charge in [-0.2, -0.15) is 0 Å². The molecule has 1 amide bonds. The van der Waals surface area contributed by atoms with Crippen LogP contribution in [0.25, 0.3) is 11.1 Å². The van der Waals surface area contributed by atoms with Gasteiger partial charge in [-0.1, -0.05) is 12.1 Å². The lowest BCUT2D eigenvalue weighted by Crippen LogP contribution is -2.36. The third-order valence-electron chi connectivity index (χ3n) is 4.72. The minimum absolute atomic E-state index is 0.197. The quantitative estimate of drug-likeness (QED) is 0.684. The van der Waals surface area contributed by atoms with E-state index in [1.54, 1.807) is 12.4 Å². The topological polar surface area (TPSA) is 80.5 Å². The monoisotopic (exact) mass is 374 g/mol. The van der Waals surface area contributed by atoms with E-state index in [0.717, 1.165) is 48.8 Å². The lowest BCUT2D eigenvalue weighted by molar-refractivity contribution is 0.102. The predicted octanol–water partition coefficient (Wildman–Crippen LogP) is 3.42. The Hall–Kier alpha value is -3.38. The number of nitrogens with two attached hydrogens (primary N) is 1. The molecule has 0 saturated carbocycles. The zero-order chi connectivity index (χ0) is 19.3. The first-order valence-electron chi connectivity index (χ1n) is 9.24. The van der Waals surface area contributed by atoms with Gasteiger partial charge in [-0.3, -0.25) is 9.78 Å². The van der Waals surface area contributed by atoms with Crippen LogP contribution in [0.1, 0.15) is 10.4 Å². The molecule has 0 atom stereocenters. The van der Waals surface area contributed by atoms with E-state index in [0.29, 0.717) is 11.3 Å². The highest BCUT2D eigenvalue weighted by Crippen LogP contribution is 2.23. The van der Waals surface area contributed by atoms with E-state index in [1.807, 2.05) is 54.6 Å². The van der Waals surface area contributed by atoms with E-state index in [2.05, 4.69) is 15.2 Å². The SMILES string of the molecule is Nc1cccc(-c2cncc(C(=O)Nc3ccc(N4CCOCC4)cc3)c2)c1. The highest BCUT2D eigenvalue weighted by molar-refractivity contribution is 6.04. The van der Waals surface area contributed by atoms with Crippen LogP contribution in [0.15, 0.2) is 67.0 Å². The third-order valence-corrected chi connectivity index (χ3v) is 4.72. The van der Waals surface area contributed by atoms with Crippen molar-refractivity contribution in [2.24, 2.45) is 0 Å². The number of amides is 1. The van der Waals surface area contributed by atoms with Gasteiger partial charge in [0.25, 0.3) is 5.91 Å². The van der Waals surface area contributed by atoms with Gasteiger partial charge in [0.05, 0.1) is 18.8 Å². The van der Waals surface area contributed by atoms with Crippen molar-refractivity contribution in [3.8, 4) is 11.1 Å². The smallest absolute Gasteiger partial charge is 0.257 e. The lowest BCUT2D eigenvalue weighted by atomic mass is 10.1. The maximum atomic E-state index is 12.6. The van der Waals surface area contributed by atoms with Gasteiger partial charge in [0, 0.05) is 48.1 Å². The van der Waals surface area contributed by atoms with Crippen LogP contribution < -0.4 is 16.0 Å². The molecular weight excluding hydrogens is 352 g/mol. The van der Waals surface area contributed by atoms with E-state index in [1.165, 1.54) is 0 Å². The van der Waals surface area contributed by atoms with Crippen molar-refractivity contribution >= 4 is 23.0 Å². The molecular formula is C22H22N4O2. The fourth-order valence-corrected chi connectivity index (χ4v) is 3.22. The Morgan fingerprint density at radius 1 is 1.00 bits per heavy atom. The molecule has 1 aliphatic heterocycles. The number of ether oxygens (including phenoxy) is 1. The average Bonchev–Trinajstić information content (AvgIpc) is 2.75. The molecule has 2 aromatic carbocycles. The minimum atomic E-state index is -0.197. The van der Waals surface area contributed by atoms with E-state index in [9.17, 15) is 4.79 Å². The van der Waals surface area contributed by atoms with Gasteiger partial charge in [-0.15, -0.1) is 0 Å². The van der Waals surface area contributed by atoms with Crippen molar-refractivity contribution in [3.63, 3.8) is 0 Å². The largest absolute Gasteiger partial charge is 0.399 e. The number of anilines is 3. The molecule has 3 N–H and O–H groups in total. The average molecular weight is 374 g/mol. The second-order valence-corrected chi connectivity index (χ2v) is 6.69. The Bertz CT molecular complexity index is 966. The molecule has 0 unspecified atom stereocenters. The first kappa shape index (κ1) is 18.0. The summed E-state index contributed by atoms with van der Waals surface area (Å²) in [5.74, 6) is -0.197.